The molecule has 0 saturated heterocycles. The van der Waals surface area contributed by atoms with Crippen LogP contribution in [0.2, 0.25) is 0 Å². The number of rotatable bonds is 3. The topological polar surface area (TPSA) is 61.8 Å². The molecule has 0 fully saturated rings. The van der Waals surface area contributed by atoms with E-state index in [4.69, 9.17) is 4.98 Å². The van der Waals surface area contributed by atoms with Crippen molar-refractivity contribution in [3.05, 3.63) is 98.5 Å². The Morgan fingerprint density at radius 3 is 2.07 bits per heavy atom. The summed E-state index contributed by atoms with van der Waals surface area (Å²) in [5.74, 6) is 0.628. The van der Waals surface area contributed by atoms with Crippen LogP contribution >= 0.6 is 0 Å². The predicted molar refractivity (Wildman–Crippen MR) is 111 cm³/mol. The summed E-state index contributed by atoms with van der Waals surface area (Å²) >= 11 is 0. The number of benzene rings is 2. The second-order valence-electron chi connectivity index (χ2n) is 6.71. The molecule has 0 aliphatic carbocycles. The van der Waals surface area contributed by atoms with E-state index < -0.39 is 5.69 Å². The quantitative estimate of drug-likeness (QED) is 0.519. The van der Waals surface area contributed by atoms with Crippen LogP contribution in [0.25, 0.3) is 22.8 Å². The average Bonchev–Trinajstić information content (AvgIpc) is 3.07. The van der Waals surface area contributed by atoms with Crippen molar-refractivity contribution >= 4 is 22.8 Å². The van der Waals surface area contributed by atoms with Crippen LogP contribution in [0.1, 0.15) is 17.0 Å². The predicted octanol–water partition coefficient (Wildman–Crippen LogP) is 2.56. The van der Waals surface area contributed by atoms with Crippen LogP contribution in [0, 0.1) is 0 Å². The Balaban J connectivity index is 2.07. The van der Waals surface area contributed by atoms with Gasteiger partial charge in [0, 0.05) is 26.7 Å². The first-order valence-corrected chi connectivity index (χ1v) is 8.94. The number of aromatic nitrogens is 4. The van der Waals surface area contributed by atoms with E-state index in [0.29, 0.717) is 17.0 Å². The Morgan fingerprint density at radius 1 is 0.821 bits per heavy atom. The Morgan fingerprint density at radius 2 is 1.43 bits per heavy atom. The van der Waals surface area contributed by atoms with Gasteiger partial charge in [-0.25, -0.2) is 9.78 Å². The minimum atomic E-state index is -0.393. The molecule has 2 aromatic carbocycles. The molecule has 6 heteroatoms. The van der Waals surface area contributed by atoms with Gasteiger partial charge in [-0.15, -0.1) is 0 Å². The SMILES string of the molecule is Cn1c(=O)c2c(nc(/C(=C\c3ccccc3)c3ccccc3)n2C)n(C)c1=O. The Labute approximate surface area is 161 Å². The fraction of sp³-hybridized carbons (Fsp3) is 0.136. The maximum absolute atomic E-state index is 12.7. The zero-order chi connectivity index (χ0) is 19.8. The first kappa shape index (κ1) is 17.7. The van der Waals surface area contributed by atoms with E-state index in [1.54, 1.807) is 18.7 Å². The van der Waals surface area contributed by atoms with Crippen molar-refractivity contribution in [2.75, 3.05) is 0 Å². The molecule has 0 bridgehead atoms. The molecule has 0 spiro atoms. The van der Waals surface area contributed by atoms with Crippen LogP contribution in [0.15, 0.2) is 70.3 Å². The fourth-order valence-electron chi connectivity index (χ4n) is 3.37. The van der Waals surface area contributed by atoms with E-state index in [0.717, 1.165) is 21.3 Å². The highest BCUT2D eigenvalue weighted by molar-refractivity contribution is 5.91. The van der Waals surface area contributed by atoms with Crippen molar-refractivity contribution in [2.45, 2.75) is 0 Å². The minimum Gasteiger partial charge on any atom is -0.321 e. The molecule has 140 valence electrons. The summed E-state index contributed by atoms with van der Waals surface area (Å²) in [5, 5.41) is 0. The second-order valence-corrected chi connectivity index (χ2v) is 6.71. The molecular weight excluding hydrogens is 352 g/mol. The van der Waals surface area contributed by atoms with Crippen molar-refractivity contribution < 1.29 is 0 Å². The number of imidazole rings is 1. The number of fused-ring (bicyclic) bond motifs is 1. The van der Waals surface area contributed by atoms with Gasteiger partial charge in [-0.3, -0.25) is 13.9 Å². The molecule has 0 N–H and O–H groups in total. The lowest BCUT2D eigenvalue weighted by molar-refractivity contribution is 0.705. The molecule has 0 amide bonds. The summed E-state index contributed by atoms with van der Waals surface area (Å²) in [4.78, 5) is 29.7. The van der Waals surface area contributed by atoms with E-state index >= 15 is 0 Å². The molecule has 4 rings (SSSR count). The molecule has 0 saturated carbocycles. The van der Waals surface area contributed by atoms with Crippen molar-refractivity contribution in [1.29, 1.82) is 0 Å². The summed E-state index contributed by atoms with van der Waals surface area (Å²) in [6.45, 7) is 0. The molecule has 2 aromatic heterocycles. The summed E-state index contributed by atoms with van der Waals surface area (Å²) in [6.07, 6.45) is 2.04. The lowest BCUT2D eigenvalue weighted by Crippen LogP contribution is -2.37. The van der Waals surface area contributed by atoms with Gasteiger partial charge in [-0.2, -0.15) is 0 Å². The number of aryl methyl sites for hydroxylation is 2. The van der Waals surface area contributed by atoms with E-state index in [-0.39, 0.29) is 5.56 Å². The summed E-state index contributed by atoms with van der Waals surface area (Å²) < 4.78 is 4.28. The first-order valence-electron chi connectivity index (χ1n) is 8.94. The molecular formula is C22H20N4O2. The number of nitrogens with zero attached hydrogens (tertiary/aromatic N) is 4. The maximum Gasteiger partial charge on any atom is 0.332 e. The first-order chi connectivity index (χ1) is 13.5. The number of hydrogen-bond acceptors (Lipinski definition) is 3. The molecule has 4 aromatic rings. The summed E-state index contributed by atoms with van der Waals surface area (Å²) in [7, 11) is 4.91. The van der Waals surface area contributed by atoms with Gasteiger partial charge in [0.15, 0.2) is 11.2 Å². The molecule has 0 radical (unpaired) electrons. The van der Waals surface area contributed by atoms with Crippen molar-refractivity contribution in [3.63, 3.8) is 0 Å². The molecule has 2 heterocycles. The summed E-state index contributed by atoms with van der Waals surface area (Å²) in [6, 6.07) is 19.8. The van der Waals surface area contributed by atoms with Gasteiger partial charge in [-0.1, -0.05) is 60.7 Å². The van der Waals surface area contributed by atoms with E-state index in [9.17, 15) is 9.59 Å². The van der Waals surface area contributed by atoms with Gasteiger partial charge in [0.05, 0.1) is 0 Å². The van der Waals surface area contributed by atoms with Crippen molar-refractivity contribution in [1.82, 2.24) is 18.7 Å². The fourth-order valence-corrected chi connectivity index (χ4v) is 3.37. The van der Waals surface area contributed by atoms with Crippen molar-refractivity contribution in [3.8, 4) is 0 Å². The van der Waals surface area contributed by atoms with Crippen LogP contribution in [0.3, 0.4) is 0 Å². The molecule has 0 atom stereocenters. The number of hydrogen-bond donors (Lipinski definition) is 0. The molecule has 6 nitrogen and oxygen atoms in total. The second kappa shape index (κ2) is 6.81. The maximum atomic E-state index is 12.7. The Kier molecular flexibility index (Phi) is 4.31. The Bertz CT molecular complexity index is 1310. The zero-order valence-corrected chi connectivity index (χ0v) is 16.0. The molecule has 0 unspecified atom stereocenters. The third kappa shape index (κ3) is 2.79. The molecule has 0 aliphatic rings. The molecule has 28 heavy (non-hydrogen) atoms. The van der Waals surface area contributed by atoms with E-state index in [1.165, 1.54) is 11.6 Å². The van der Waals surface area contributed by atoms with Crippen LogP contribution < -0.4 is 11.2 Å². The van der Waals surface area contributed by atoms with Gasteiger partial charge in [-0.05, 0) is 17.2 Å². The van der Waals surface area contributed by atoms with Gasteiger partial charge in [0.1, 0.15) is 5.82 Å². The highest BCUT2D eigenvalue weighted by Crippen LogP contribution is 2.26. The normalized spacial score (nSPS) is 11.9. The van der Waals surface area contributed by atoms with E-state index in [1.807, 2.05) is 66.7 Å². The standard InChI is InChI=1S/C22H20N4O2/c1-24-18-20(25(2)22(28)26(3)21(18)27)23-19(24)17(16-12-8-5-9-13-16)14-15-10-6-4-7-11-15/h4-14H,1-3H3/b17-14-. The van der Waals surface area contributed by atoms with Gasteiger partial charge in [0.25, 0.3) is 5.56 Å². The van der Waals surface area contributed by atoms with Gasteiger partial charge >= 0.3 is 5.69 Å². The van der Waals surface area contributed by atoms with Gasteiger partial charge < -0.3 is 4.57 Å². The smallest absolute Gasteiger partial charge is 0.321 e. The van der Waals surface area contributed by atoms with E-state index in [2.05, 4.69) is 0 Å². The largest absolute Gasteiger partial charge is 0.332 e. The van der Waals surface area contributed by atoms with Gasteiger partial charge in [0.2, 0.25) is 0 Å². The third-order valence-electron chi connectivity index (χ3n) is 4.91. The van der Waals surface area contributed by atoms with Crippen LogP contribution in [-0.4, -0.2) is 18.7 Å². The van der Waals surface area contributed by atoms with Crippen molar-refractivity contribution in [2.24, 2.45) is 21.1 Å². The third-order valence-corrected chi connectivity index (χ3v) is 4.91. The van der Waals surface area contributed by atoms with Crippen LogP contribution in [0.4, 0.5) is 0 Å². The zero-order valence-electron chi connectivity index (χ0n) is 16.0. The molecule has 0 aliphatic heterocycles. The Hall–Kier alpha value is -3.67. The van der Waals surface area contributed by atoms with Crippen LogP contribution in [0.5, 0.6) is 0 Å². The highest BCUT2D eigenvalue weighted by atomic mass is 16.2. The lowest BCUT2D eigenvalue weighted by Gasteiger charge is -2.09. The highest BCUT2D eigenvalue weighted by Gasteiger charge is 2.20. The monoisotopic (exact) mass is 372 g/mol. The lowest BCUT2D eigenvalue weighted by atomic mass is 10.0. The average molecular weight is 372 g/mol. The van der Waals surface area contributed by atoms with Crippen LogP contribution in [-0.2, 0) is 21.1 Å². The summed E-state index contributed by atoms with van der Waals surface area (Å²) in [5.41, 5.74) is 2.90. The minimum absolute atomic E-state index is 0.355.